The maximum Gasteiger partial charge on any atom is -0.0166 e. The molecule has 0 radical (unpaired) electrons. The summed E-state index contributed by atoms with van der Waals surface area (Å²) in [5.41, 5.74) is 0. The molecule has 0 bridgehead atoms. The third-order valence-electron chi connectivity index (χ3n) is 2.06. The van der Waals surface area contributed by atoms with Gasteiger partial charge in [0.25, 0.3) is 0 Å². The molecule has 0 N–H and O–H groups in total. The third-order valence-corrected chi connectivity index (χ3v) is 2.06. The van der Waals surface area contributed by atoms with Crippen molar-refractivity contribution in [3.63, 3.8) is 0 Å². The van der Waals surface area contributed by atoms with E-state index in [0.29, 0.717) is 0 Å². The van der Waals surface area contributed by atoms with Crippen molar-refractivity contribution in [3.05, 3.63) is 36.5 Å². The van der Waals surface area contributed by atoms with Crippen LogP contribution < -0.4 is 0 Å². The van der Waals surface area contributed by atoms with E-state index in [9.17, 15) is 0 Å². The molecule has 12 heavy (non-hydrogen) atoms. The van der Waals surface area contributed by atoms with Gasteiger partial charge in [-0.2, -0.15) is 0 Å². The Morgan fingerprint density at radius 2 is 1.33 bits per heavy atom. The van der Waals surface area contributed by atoms with E-state index in [1.54, 1.807) is 0 Å². The third kappa shape index (κ3) is 4.95. The molecule has 1 aliphatic rings. The van der Waals surface area contributed by atoms with Crippen molar-refractivity contribution >= 4 is 0 Å². The molecule has 0 aliphatic heterocycles. The maximum atomic E-state index is 2.30. The minimum Gasteiger partial charge on any atom is -0.0882 e. The van der Waals surface area contributed by atoms with Crippen LogP contribution >= 0.6 is 0 Å². The van der Waals surface area contributed by atoms with Gasteiger partial charge in [-0.25, -0.2) is 0 Å². The first-order valence-electron chi connectivity index (χ1n) is 4.97. The largest absolute Gasteiger partial charge is 0.0882 e. The van der Waals surface area contributed by atoms with Gasteiger partial charge in [-0.15, -0.1) is 0 Å². The molecule has 0 spiro atoms. The van der Waals surface area contributed by atoms with Crippen molar-refractivity contribution in [1.82, 2.24) is 0 Å². The Balaban J connectivity index is 2.31. The first-order chi connectivity index (χ1) is 6.00. The van der Waals surface area contributed by atoms with Crippen LogP contribution in [0.25, 0.3) is 0 Å². The predicted octanol–water partition coefficient (Wildman–Crippen LogP) is 4.01. The van der Waals surface area contributed by atoms with Crippen LogP contribution in [-0.4, -0.2) is 0 Å². The molecule has 0 aromatic rings. The molecular formula is C12H18. The van der Waals surface area contributed by atoms with Crippen molar-refractivity contribution in [2.45, 2.75) is 38.5 Å². The molecule has 0 heteroatoms. The topological polar surface area (TPSA) is 0 Å². The number of hydrogen-bond donors (Lipinski definition) is 0. The Morgan fingerprint density at radius 1 is 0.583 bits per heavy atom. The van der Waals surface area contributed by atoms with Crippen molar-refractivity contribution in [2.24, 2.45) is 0 Å². The zero-order valence-corrected chi connectivity index (χ0v) is 7.71. The number of rotatable bonds is 0. The molecule has 0 nitrogen and oxygen atoms in total. The molecule has 1 aliphatic carbocycles. The quantitative estimate of drug-likeness (QED) is 0.472. The lowest BCUT2D eigenvalue weighted by atomic mass is 10.1. The van der Waals surface area contributed by atoms with E-state index >= 15 is 0 Å². The first kappa shape index (κ1) is 9.31. The van der Waals surface area contributed by atoms with Crippen molar-refractivity contribution in [3.8, 4) is 0 Å². The molecule has 0 fully saturated rings. The summed E-state index contributed by atoms with van der Waals surface area (Å²) in [6.45, 7) is 0. The Hall–Kier alpha value is -0.780. The van der Waals surface area contributed by atoms with Gasteiger partial charge in [0.1, 0.15) is 0 Å². The van der Waals surface area contributed by atoms with Crippen LogP contribution in [0.4, 0.5) is 0 Å². The Kier molecular flexibility index (Phi) is 5.35. The summed E-state index contributed by atoms with van der Waals surface area (Å²) >= 11 is 0. The minimum atomic E-state index is 1.09. The molecule has 0 saturated heterocycles. The standard InChI is InChI=1S/C12H18/c1-2-4-6-8-10-12-11-9-7-5-3-1/h1-4,7,9H,5-6,8,10-12H2/b3-1+,4-2+,9-7+. The minimum absolute atomic E-state index is 1.09. The SMILES string of the molecule is C1=C/C/C=C/CCCCC/C=C/1. The average molecular weight is 162 g/mol. The second kappa shape index (κ2) is 6.90. The van der Waals surface area contributed by atoms with Crippen LogP contribution in [0.1, 0.15) is 38.5 Å². The summed E-state index contributed by atoms with van der Waals surface area (Å²) in [4.78, 5) is 0. The summed E-state index contributed by atoms with van der Waals surface area (Å²) in [5, 5.41) is 0. The van der Waals surface area contributed by atoms with Crippen LogP contribution in [0.3, 0.4) is 0 Å². The summed E-state index contributed by atoms with van der Waals surface area (Å²) in [6.07, 6.45) is 21.0. The van der Waals surface area contributed by atoms with Crippen LogP contribution in [0.5, 0.6) is 0 Å². The highest BCUT2D eigenvalue weighted by atomic mass is 13.9. The van der Waals surface area contributed by atoms with Gasteiger partial charge in [-0.1, -0.05) is 42.9 Å². The second-order valence-corrected chi connectivity index (χ2v) is 3.20. The van der Waals surface area contributed by atoms with Crippen LogP contribution in [0.2, 0.25) is 0 Å². The summed E-state index contributed by atoms with van der Waals surface area (Å²) in [5.74, 6) is 0. The van der Waals surface area contributed by atoms with E-state index in [1.807, 2.05) is 0 Å². The number of hydrogen-bond acceptors (Lipinski definition) is 0. The van der Waals surface area contributed by atoms with Crippen molar-refractivity contribution < 1.29 is 0 Å². The fourth-order valence-corrected chi connectivity index (χ4v) is 1.33. The normalized spacial score (nSPS) is 28.0. The molecule has 1 rings (SSSR count). The molecule has 0 aromatic heterocycles. The summed E-state index contributed by atoms with van der Waals surface area (Å²) in [7, 11) is 0. The van der Waals surface area contributed by atoms with E-state index < -0.39 is 0 Å². The van der Waals surface area contributed by atoms with Crippen LogP contribution in [-0.2, 0) is 0 Å². The van der Waals surface area contributed by atoms with Gasteiger partial charge in [-0.05, 0) is 32.1 Å². The summed E-state index contributed by atoms with van der Waals surface area (Å²) < 4.78 is 0. The lowest BCUT2D eigenvalue weighted by molar-refractivity contribution is 0.695. The first-order valence-corrected chi connectivity index (χ1v) is 4.97. The molecule has 66 valence electrons. The molecule has 0 atom stereocenters. The van der Waals surface area contributed by atoms with E-state index in [2.05, 4.69) is 36.5 Å². The highest BCUT2D eigenvalue weighted by Crippen LogP contribution is 2.05. The van der Waals surface area contributed by atoms with Gasteiger partial charge in [0.2, 0.25) is 0 Å². The Labute approximate surface area is 75.7 Å². The lowest BCUT2D eigenvalue weighted by Gasteiger charge is -1.95. The maximum absolute atomic E-state index is 2.30. The molecular weight excluding hydrogens is 144 g/mol. The summed E-state index contributed by atoms with van der Waals surface area (Å²) in [6, 6.07) is 0. The van der Waals surface area contributed by atoms with Gasteiger partial charge in [0, 0.05) is 0 Å². The van der Waals surface area contributed by atoms with Crippen LogP contribution in [0, 0.1) is 0 Å². The van der Waals surface area contributed by atoms with Crippen molar-refractivity contribution in [2.75, 3.05) is 0 Å². The van der Waals surface area contributed by atoms with Gasteiger partial charge in [0.15, 0.2) is 0 Å². The van der Waals surface area contributed by atoms with Crippen molar-refractivity contribution in [1.29, 1.82) is 0 Å². The molecule has 0 heterocycles. The number of allylic oxidation sites excluding steroid dienone is 6. The monoisotopic (exact) mass is 162 g/mol. The highest BCUT2D eigenvalue weighted by molar-refractivity contribution is 5.05. The second-order valence-electron chi connectivity index (χ2n) is 3.20. The molecule has 0 amide bonds. The lowest BCUT2D eigenvalue weighted by Crippen LogP contribution is -1.75. The Morgan fingerprint density at radius 3 is 2.25 bits per heavy atom. The average Bonchev–Trinajstić information content (AvgIpc) is 2.05. The van der Waals surface area contributed by atoms with E-state index in [-0.39, 0.29) is 0 Å². The zero-order chi connectivity index (χ0) is 8.49. The van der Waals surface area contributed by atoms with Gasteiger partial charge in [-0.3, -0.25) is 0 Å². The van der Waals surface area contributed by atoms with Gasteiger partial charge >= 0.3 is 0 Å². The fraction of sp³-hybridized carbons (Fsp3) is 0.500. The zero-order valence-electron chi connectivity index (χ0n) is 7.71. The van der Waals surface area contributed by atoms with E-state index in [4.69, 9.17) is 0 Å². The highest BCUT2D eigenvalue weighted by Gasteiger charge is 1.85. The molecule has 0 aromatic carbocycles. The van der Waals surface area contributed by atoms with Gasteiger partial charge < -0.3 is 0 Å². The fourth-order valence-electron chi connectivity index (χ4n) is 1.33. The van der Waals surface area contributed by atoms with E-state index in [1.165, 1.54) is 32.1 Å². The van der Waals surface area contributed by atoms with Gasteiger partial charge in [0.05, 0.1) is 0 Å². The van der Waals surface area contributed by atoms with E-state index in [0.717, 1.165) is 6.42 Å². The molecule has 0 unspecified atom stereocenters. The van der Waals surface area contributed by atoms with Crippen LogP contribution in [0.15, 0.2) is 36.5 Å². The predicted molar refractivity (Wildman–Crippen MR) is 55.1 cm³/mol. The molecule has 0 saturated carbocycles. The Bertz CT molecular complexity index is 172. The smallest absolute Gasteiger partial charge is 0.0166 e.